The molecule has 0 aliphatic rings. The second-order valence-corrected chi connectivity index (χ2v) is 6.28. The van der Waals surface area contributed by atoms with Gasteiger partial charge in [0.2, 0.25) is 0 Å². The molecule has 1 aromatic carbocycles. The van der Waals surface area contributed by atoms with E-state index in [2.05, 4.69) is 26.6 Å². The average molecular weight is 423 g/mol. The van der Waals surface area contributed by atoms with Crippen molar-refractivity contribution in [2.45, 2.75) is 24.9 Å². The molecule has 25 heavy (non-hydrogen) atoms. The minimum atomic E-state index is -4.54. The molecule has 9 heteroatoms. The predicted octanol–water partition coefficient (Wildman–Crippen LogP) is 3.46. The molecule has 0 fully saturated rings. The third kappa shape index (κ3) is 5.77. The van der Waals surface area contributed by atoms with Crippen LogP contribution >= 0.6 is 15.9 Å². The van der Waals surface area contributed by atoms with E-state index < -0.39 is 23.6 Å². The topological polar surface area (TPSA) is 67.4 Å². The molecule has 5 nitrogen and oxygen atoms in total. The first kappa shape index (κ1) is 21.0. The molecular formula is C16H18BrF3N2O3. The Morgan fingerprint density at radius 3 is 2.44 bits per heavy atom. The van der Waals surface area contributed by atoms with Crippen LogP contribution in [-0.4, -0.2) is 30.4 Å². The standard InChI is InChI=1S/C16H18BrF3N2O3/c1-4-25-15(24)12(13(21-3)9(2)17)14(23)22-11-7-5-6-10(8-11)16(18,19)20/h5-9,21H,4H2,1-3H3,(H,22,23)/b13-12+. The molecule has 0 aromatic heterocycles. The Morgan fingerprint density at radius 2 is 1.96 bits per heavy atom. The molecule has 0 saturated carbocycles. The monoisotopic (exact) mass is 422 g/mol. The highest BCUT2D eigenvalue weighted by Crippen LogP contribution is 2.30. The molecule has 0 saturated heterocycles. The van der Waals surface area contributed by atoms with Gasteiger partial charge < -0.3 is 15.4 Å². The van der Waals surface area contributed by atoms with Crippen molar-refractivity contribution in [3.8, 4) is 0 Å². The number of rotatable bonds is 6. The van der Waals surface area contributed by atoms with Crippen molar-refractivity contribution in [2.75, 3.05) is 19.0 Å². The number of allylic oxidation sites excluding steroid dienone is 1. The van der Waals surface area contributed by atoms with Crippen LogP contribution in [0.3, 0.4) is 0 Å². The third-order valence-corrected chi connectivity index (χ3v) is 3.55. The highest BCUT2D eigenvalue weighted by Gasteiger charge is 2.31. The van der Waals surface area contributed by atoms with Gasteiger partial charge in [0.15, 0.2) is 0 Å². The summed E-state index contributed by atoms with van der Waals surface area (Å²) in [7, 11) is 1.52. The third-order valence-electron chi connectivity index (χ3n) is 3.09. The van der Waals surface area contributed by atoms with Gasteiger partial charge in [-0.05, 0) is 32.0 Å². The van der Waals surface area contributed by atoms with Gasteiger partial charge in [-0.1, -0.05) is 22.0 Å². The lowest BCUT2D eigenvalue weighted by Gasteiger charge is -2.16. The van der Waals surface area contributed by atoms with Crippen LogP contribution < -0.4 is 10.6 Å². The molecule has 1 atom stereocenters. The lowest BCUT2D eigenvalue weighted by atomic mass is 10.1. The highest BCUT2D eigenvalue weighted by molar-refractivity contribution is 9.09. The van der Waals surface area contributed by atoms with E-state index in [1.807, 2.05) is 0 Å². The number of hydrogen-bond acceptors (Lipinski definition) is 4. The van der Waals surface area contributed by atoms with Crippen molar-refractivity contribution in [3.63, 3.8) is 0 Å². The van der Waals surface area contributed by atoms with Gasteiger partial charge in [0.1, 0.15) is 5.57 Å². The number of benzene rings is 1. The number of carbonyl (C=O) groups excluding carboxylic acids is 2. The van der Waals surface area contributed by atoms with Gasteiger partial charge in [-0.15, -0.1) is 0 Å². The number of esters is 1. The highest BCUT2D eigenvalue weighted by atomic mass is 79.9. The summed E-state index contributed by atoms with van der Waals surface area (Å²) in [5.41, 5.74) is -1.05. The molecule has 0 radical (unpaired) electrons. The summed E-state index contributed by atoms with van der Waals surface area (Å²) in [5.74, 6) is -1.74. The fourth-order valence-electron chi connectivity index (χ4n) is 2.02. The summed E-state index contributed by atoms with van der Waals surface area (Å²) in [6.45, 7) is 3.31. The lowest BCUT2D eigenvalue weighted by Crippen LogP contribution is -2.30. The zero-order valence-corrected chi connectivity index (χ0v) is 15.4. The minimum absolute atomic E-state index is 0.0484. The maximum atomic E-state index is 12.8. The average Bonchev–Trinajstić information content (AvgIpc) is 2.51. The van der Waals surface area contributed by atoms with Crippen LogP contribution in [0.1, 0.15) is 19.4 Å². The summed E-state index contributed by atoms with van der Waals surface area (Å²) in [6, 6.07) is 4.14. The van der Waals surface area contributed by atoms with Crippen molar-refractivity contribution in [1.82, 2.24) is 5.32 Å². The molecule has 1 rings (SSSR count). The van der Waals surface area contributed by atoms with E-state index >= 15 is 0 Å². The normalized spacial score (nSPS) is 13.6. The molecule has 1 unspecified atom stereocenters. The summed E-state index contributed by atoms with van der Waals surface area (Å²) in [6.07, 6.45) is -4.54. The molecule has 0 heterocycles. The number of alkyl halides is 4. The molecule has 138 valence electrons. The predicted molar refractivity (Wildman–Crippen MR) is 91.2 cm³/mol. The number of carbonyl (C=O) groups is 2. The van der Waals surface area contributed by atoms with Gasteiger partial charge in [0.05, 0.1) is 17.0 Å². The minimum Gasteiger partial charge on any atom is -0.462 e. The number of ether oxygens (including phenoxy) is 1. The number of amides is 1. The van der Waals surface area contributed by atoms with Crippen LogP contribution in [0, 0.1) is 0 Å². The van der Waals surface area contributed by atoms with Gasteiger partial charge in [-0.3, -0.25) is 4.79 Å². The molecule has 1 amide bonds. The number of nitrogens with one attached hydrogen (secondary N) is 2. The van der Waals surface area contributed by atoms with E-state index in [0.717, 1.165) is 18.2 Å². The van der Waals surface area contributed by atoms with Crippen LogP contribution in [0.5, 0.6) is 0 Å². The van der Waals surface area contributed by atoms with E-state index in [0.29, 0.717) is 0 Å². The molecule has 2 N–H and O–H groups in total. The van der Waals surface area contributed by atoms with E-state index in [9.17, 15) is 22.8 Å². The van der Waals surface area contributed by atoms with Crippen molar-refractivity contribution in [2.24, 2.45) is 0 Å². The van der Waals surface area contributed by atoms with Crippen molar-refractivity contribution >= 4 is 33.5 Å². The van der Waals surface area contributed by atoms with Gasteiger partial charge in [-0.2, -0.15) is 13.2 Å². The SMILES string of the molecule is CCOC(=O)/C(C(=O)Nc1cccc(C(F)(F)F)c1)=C(/NC)C(C)Br. The van der Waals surface area contributed by atoms with Crippen LogP contribution in [0.2, 0.25) is 0 Å². The molecule has 0 aliphatic carbocycles. The van der Waals surface area contributed by atoms with Crippen LogP contribution in [0.4, 0.5) is 18.9 Å². The van der Waals surface area contributed by atoms with Crippen LogP contribution in [-0.2, 0) is 20.5 Å². The first-order valence-corrected chi connectivity index (χ1v) is 8.25. The Balaban J connectivity index is 3.22. The van der Waals surface area contributed by atoms with Crippen LogP contribution in [0.25, 0.3) is 0 Å². The Hall–Kier alpha value is -2.03. The summed E-state index contributed by atoms with van der Waals surface area (Å²) < 4.78 is 43.2. The molecule has 0 spiro atoms. The number of halogens is 4. The van der Waals surface area contributed by atoms with E-state index in [4.69, 9.17) is 4.74 Å². The first-order chi connectivity index (χ1) is 11.6. The molecule has 1 aromatic rings. The lowest BCUT2D eigenvalue weighted by molar-refractivity contribution is -0.140. The second-order valence-electron chi connectivity index (χ2n) is 4.91. The van der Waals surface area contributed by atoms with Gasteiger partial charge in [-0.25, -0.2) is 4.79 Å². The maximum Gasteiger partial charge on any atom is 0.416 e. The first-order valence-electron chi connectivity index (χ1n) is 7.33. The van der Waals surface area contributed by atoms with Crippen molar-refractivity contribution < 1.29 is 27.5 Å². The largest absolute Gasteiger partial charge is 0.462 e. The zero-order chi connectivity index (χ0) is 19.2. The quantitative estimate of drug-likeness (QED) is 0.242. The van der Waals surface area contributed by atoms with Crippen molar-refractivity contribution in [1.29, 1.82) is 0 Å². The Bertz CT molecular complexity index is 673. The van der Waals surface area contributed by atoms with Crippen molar-refractivity contribution in [3.05, 3.63) is 41.1 Å². The number of hydrogen-bond donors (Lipinski definition) is 2. The Labute approximate surface area is 151 Å². The Morgan fingerprint density at radius 1 is 1.32 bits per heavy atom. The summed E-state index contributed by atoms with van der Waals surface area (Å²) in [4.78, 5) is 24.2. The second kappa shape index (κ2) is 8.89. The van der Waals surface area contributed by atoms with Gasteiger partial charge in [0.25, 0.3) is 5.91 Å². The van der Waals surface area contributed by atoms with Gasteiger partial charge in [0, 0.05) is 18.4 Å². The Kier molecular flexibility index (Phi) is 7.47. The van der Waals surface area contributed by atoms with E-state index in [1.54, 1.807) is 13.8 Å². The summed E-state index contributed by atoms with van der Waals surface area (Å²) in [5, 5.41) is 5.04. The van der Waals surface area contributed by atoms with E-state index in [-0.39, 0.29) is 28.4 Å². The van der Waals surface area contributed by atoms with Crippen LogP contribution in [0.15, 0.2) is 35.5 Å². The maximum absolute atomic E-state index is 12.8. The molecule has 0 aliphatic heterocycles. The fourth-order valence-corrected chi connectivity index (χ4v) is 2.48. The van der Waals surface area contributed by atoms with E-state index in [1.165, 1.54) is 13.1 Å². The number of anilines is 1. The molecule has 0 bridgehead atoms. The zero-order valence-electron chi connectivity index (χ0n) is 13.8. The summed E-state index contributed by atoms with van der Waals surface area (Å²) >= 11 is 3.26. The smallest absolute Gasteiger partial charge is 0.416 e. The van der Waals surface area contributed by atoms with Gasteiger partial charge >= 0.3 is 12.1 Å². The molecular weight excluding hydrogens is 405 g/mol. The fraction of sp³-hybridized carbons (Fsp3) is 0.375.